The summed E-state index contributed by atoms with van der Waals surface area (Å²) < 4.78 is 0. The third kappa shape index (κ3) is 4.32. The first kappa shape index (κ1) is 14.5. The molecule has 1 fully saturated rings. The van der Waals surface area contributed by atoms with Crippen LogP contribution in [0.25, 0.3) is 0 Å². The molecule has 0 aromatic heterocycles. The first-order valence-electron chi connectivity index (χ1n) is 7.86. The number of rotatable bonds is 6. The fourth-order valence-corrected chi connectivity index (χ4v) is 3.07. The number of nitrogens with zero attached hydrogens (tertiary/aromatic N) is 1. The molecule has 0 amide bonds. The van der Waals surface area contributed by atoms with Gasteiger partial charge in [-0.2, -0.15) is 0 Å². The van der Waals surface area contributed by atoms with Crippen molar-refractivity contribution < 1.29 is 0 Å². The minimum Gasteiger partial charge on any atom is -0.313 e. The van der Waals surface area contributed by atoms with Gasteiger partial charge in [-0.1, -0.05) is 44.5 Å². The van der Waals surface area contributed by atoms with Gasteiger partial charge in [0.1, 0.15) is 0 Å². The molecule has 19 heavy (non-hydrogen) atoms. The second-order valence-electron chi connectivity index (χ2n) is 5.63. The molecule has 0 bridgehead atoms. The zero-order chi connectivity index (χ0) is 13.5. The summed E-state index contributed by atoms with van der Waals surface area (Å²) in [4.78, 5) is 2.68. The molecule has 1 N–H and O–H groups in total. The van der Waals surface area contributed by atoms with Gasteiger partial charge in [-0.05, 0) is 43.5 Å². The number of hydrogen-bond acceptors (Lipinski definition) is 2. The third-order valence-corrected chi connectivity index (χ3v) is 4.18. The van der Waals surface area contributed by atoms with E-state index in [1.807, 2.05) is 0 Å². The molecule has 0 spiro atoms. The van der Waals surface area contributed by atoms with Crippen LogP contribution in [0.15, 0.2) is 24.3 Å². The van der Waals surface area contributed by atoms with Gasteiger partial charge in [0, 0.05) is 19.1 Å². The lowest BCUT2D eigenvalue weighted by Crippen LogP contribution is -2.38. The van der Waals surface area contributed by atoms with Crippen LogP contribution >= 0.6 is 0 Å². The average Bonchev–Trinajstić information content (AvgIpc) is 2.46. The molecule has 2 rings (SSSR count). The van der Waals surface area contributed by atoms with Crippen molar-refractivity contribution in [3.63, 3.8) is 0 Å². The molecule has 1 aliphatic rings. The monoisotopic (exact) mass is 260 g/mol. The lowest BCUT2D eigenvalue weighted by molar-refractivity contribution is 0.136. The van der Waals surface area contributed by atoms with Crippen molar-refractivity contribution in [2.24, 2.45) is 0 Å². The van der Waals surface area contributed by atoms with Gasteiger partial charge in [0.05, 0.1) is 0 Å². The maximum Gasteiger partial charge on any atom is 0.0236 e. The highest BCUT2D eigenvalue weighted by atomic mass is 15.2. The average molecular weight is 260 g/mol. The predicted molar refractivity (Wildman–Crippen MR) is 82.2 cm³/mol. The number of likely N-dealkylation sites (tertiary alicyclic amines) is 1. The van der Waals surface area contributed by atoms with Crippen LogP contribution in [0.2, 0.25) is 0 Å². The minimum absolute atomic E-state index is 0.797. The molecule has 1 unspecified atom stereocenters. The molecular formula is C17H28N2. The molecule has 0 saturated carbocycles. The van der Waals surface area contributed by atoms with Gasteiger partial charge in [-0.15, -0.1) is 0 Å². The Kier molecular flexibility index (Phi) is 5.87. The van der Waals surface area contributed by atoms with Crippen molar-refractivity contribution in [3.05, 3.63) is 35.4 Å². The number of nitrogens with one attached hydrogen (secondary N) is 1. The van der Waals surface area contributed by atoms with E-state index in [0.717, 1.165) is 25.7 Å². The van der Waals surface area contributed by atoms with E-state index in [-0.39, 0.29) is 0 Å². The van der Waals surface area contributed by atoms with E-state index in [1.54, 1.807) is 0 Å². The minimum atomic E-state index is 0.797. The second-order valence-corrected chi connectivity index (χ2v) is 5.63. The van der Waals surface area contributed by atoms with Crippen LogP contribution in [0.1, 0.15) is 50.7 Å². The number of hydrogen-bond donors (Lipinski definition) is 1. The quantitative estimate of drug-likeness (QED) is 0.841. The van der Waals surface area contributed by atoms with E-state index >= 15 is 0 Å². The van der Waals surface area contributed by atoms with Gasteiger partial charge in [0.25, 0.3) is 0 Å². The smallest absolute Gasteiger partial charge is 0.0236 e. The summed E-state index contributed by atoms with van der Waals surface area (Å²) in [5.74, 6) is 0. The first-order chi connectivity index (χ1) is 9.33. The predicted octanol–water partition coefficient (Wildman–Crippen LogP) is 3.56. The maximum absolute atomic E-state index is 3.40. The highest BCUT2D eigenvalue weighted by Crippen LogP contribution is 2.22. The van der Waals surface area contributed by atoms with Crippen molar-refractivity contribution in [2.45, 2.75) is 58.7 Å². The Morgan fingerprint density at radius 3 is 2.84 bits per heavy atom. The lowest BCUT2D eigenvalue weighted by Gasteiger charge is -2.35. The highest BCUT2D eigenvalue weighted by molar-refractivity contribution is 5.23. The van der Waals surface area contributed by atoms with Gasteiger partial charge >= 0.3 is 0 Å². The van der Waals surface area contributed by atoms with E-state index in [1.165, 1.54) is 43.4 Å². The zero-order valence-electron chi connectivity index (χ0n) is 12.5. The van der Waals surface area contributed by atoms with E-state index in [4.69, 9.17) is 0 Å². The molecule has 2 nitrogen and oxygen atoms in total. The SMILES string of the molecule is CCNCc1cccc(CN2CCCCC2CC)c1. The molecular weight excluding hydrogens is 232 g/mol. The normalized spacial score (nSPS) is 20.6. The molecule has 1 aromatic rings. The van der Waals surface area contributed by atoms with Gasteiger partial charge in [-0.25, -0.2) is 0 Å². The first-order valence-corrected chi connectivity index (χ1v) is 7.86. The second kappa shape index (κ2) is 7.66. The maximum atomic E-state index is 3.40. The Morgan fingerprint density at radius 1 is 1.21 bits per heavy atom. The number of piperidine rings is 1. The summed E-state index contributed by atoms with van der Waals surface area (Å²) in [6.07, 6.45) is 5.45. The van der Waals surface area contributed by atoms with Crippen molar-refractivity contribution in [1.29, 1.82) is 0 Å². The van der Waals surface area contributed by atoms with Crippen LogP contribution in [-0.4, -0.2) is 24.0 Å². The Labute approximate surface area is 118 Å². The van der Waals surface area contributed by atoms with Crippen molar-refractivity contribution in [1.82, 2.24) is 10.2 Å². The Bertz CT molecular complexity index is 375. The third-order valence-electron chi connectivity index (χ3n) is 4.18. The van der Waals surface area contributed by atoms with E-state index in [2.05, 4.69) is 48.3 Å². The molecule has 1 aromatic carbocycles. The van der Waals surface area contributed by atoms with Crippen LogP contribution in [0, 0.1) is 0 Å². The van der Waals surface area contributed by atoms with Gasteiger partial charge in [-0.3, -0.25) is 4.90 Å². The van der Waals surface area contributed by atoms with Crippen LogP contribution in [0.5, 0.6) is 0 Å². The van der Waals surface area contributed by atoms with Gasteiger partial charge < -0.3 is 5.32 Å². The van der Waals surface area contributed by atoms with Crippen LogP contribution in [0.4, 0.5) is 0 Å². The summed E-state index contributed by atoms with van der Waals surface area (Å²) in [7, 11) is 0. The summed E-state index contributed by atoms with van der Waals surface area (Å²) >= 11 is 0. The fourth-order valence-electron chi connectivity index (χ4n) is 3.07. The van der Waals surface area contributed by atoms with Crippen LogP contribution < -0.4 is 5.32 Å². The van der Waals surface area contributed by atoms with E-state index < -0.39 is 0 Å². The Morgan fingerprint density at radius 2 is 2.05 bits per heavy atom. The summed E-state index contributed by atoms with van der Waals surface area (Å²) in [5.41, 5.74) is 2.88. The van der Waals surface area contributed by atoms with Crippen molar-refractivity contribution in [2.75, 3.05) is 13.1 Å². The summed E-state index contributed by atoms with van der Waals surface area (Å²) in [6, 6.07) is 9.86. The zero-order valence-corrected chi connectivity index (χ0v) is 12.5. The van der Waals surface area contributed by atoms with E-state index in [0.29, 0.717) is 0 Å². The van der Waals surface area contributed by atoms with Gasteiger partial charge in [0.2, 0.25) is 0 Å². The fraction of sp³-hybridized carbons (Fsp3) is 0.647. The molecule has 1 heterocycles. The lowest BCUT2D eigenvalue weighted by atomic mass is 9.99. The van der Waals surface area contributed by atoms with Crippen LogP contribution in [-0.2, 0) is 13.1 Å². The largest absolute Gasteiger partial charge is 0.313 e. The molecule has 0 aliphatic carbocycles. The van der Waals surface area contributed by atoms with Gasteiger partial charge in [0.15, 0.2) is 0 Å². The van der Waals surface area contributed by atoms with E-state index in [9.17, 15) is 0 Å². The molecule has 106 valence electrons. The van der Waals surface area contributed by atoms with Crippen molar-refractivity contribution in [3.8, 4) is 0 Å². The standard InChI is InChI=1S/C17H28N2/c1-3-17-10-5-6-11-19(17)14-16-9-7-8-15(12-16)13-18-4-2/h7-9,12,17-18H,3-6,10-11,13-14H2,1-2H3. The number of benzene rings is 1. The molecule has 1 atom stereocenters. The molecule has 1 saturated heterocycles. The Balaban J connectivity index is 1.97. The summed E-state index contributed by atoms with van der Waals surface area (Å²) in [5, 5.41) is 3.40. The molecule has 1 aliphatic heterocycles. The topological polar surface area (TPSA) is 15.3 Å². The molecule has 0 radical (unpaired) electrons. The Hall–Kier alpha value is -0.860. The van der Waals surface area contributed by atoms with Crippen LogP contribution in [0.3, 0.4) is 0 Å². The van der Waals surface area contributed by atoms with Crippen molar-refractivity contribution >= 4 is 0 Å². The summed E-state index contributed by atoms with van der Waals surface area (Å²) in [6.45, 7) is 8.90. The molecule has 2 heteroatoms. The highest BCUT2D eigenvalue weighted by Gasteiger charge is 2.20.